The third kappa shape index (κ3) is 7.84. The van der Waals surface area contributed by atoms with Crippen molar-refractivity contribution in [1.29, 1.82) is 0 Å². The van der Waals surface area contributed by atoms with E-state index in [0.29, 0.717) is 32.2 Å². The average molecular weight is 540 g/mol. The van der Waals surface area contributed by atoms with Crippen molar-refractivity contribution in [2.45, 2.75) is 46.4 Å². The molecule has 170 valence electrons. The second kappa shape index (κ2) is 13.4. The van der Waals surface area contributed by atoms with E-state index in [0.717, 1.165) is 42.4 Å². The highest BCUT2D eigenvalue weighted by atomic mass is 127. The van der Waals surface area contributed by atoms with Crippen LogP contribution in [0, 0.1) is 6.92 Å². The molecular formula is C23H33IN4O3. The van der Waals surface area contributed by atoms with Crippen molar-refractivity contribution >= 4 is 29.9 Å². The van der Waals surface area contributed by atoms with Gasteiger partial charge in [0, 0.05) is 36.8 Å². The van der Waals surface area contributed by atoms with Crippen LogP contribution in [0.5, 0.6) is 11.6 Å². The number of aliphatic imine (C=N–C) groups is 1. The lowest BCUT2D eigenvalue weighted by atomic mass is 10.1. The summed E-state index contributed by atoms with van der Waals surface area (Å²) >= 11 is 0. The Balaban J connectivity index is 0.00000341. The van der Waals surface area contributed by atoms with Gasteiger partial charge in [-0.05, 0) is 38.5 Å². The van der Waals surface area contributed by atoms with Gasteiger partial charge in [-0.15, -0.1) is 24.0 Å². The highest BCUT2D eigenvalue weighted by Crippen LogP contribution is 2.24. The molecule has 0 bridgehead atoms. The summed E-state index contributed by atoms with van der Waals surface area (Å²) < 4.78 is 17.2. The Kier molecular flexibility index (Phi) is 10.9. The quantitative estimate of drug-likeness (QED) is 0.286. The van der Waals surface area contributed by atoms with Crippen LogP contribution in [0.15, 0.2) is 41.5 Å². The van der Waals surface area contributed by atoms with E-state index in [2.05, 4.69) is 40.7 Å². The monoisotopic (exact) mass is 540 g/mol. The fourth-order valence-corrected chi connectivity index (χ4v) is 3.20. The minimum absolute atomic E-state index is 0. The molecule has 0 saturated carbocycles. The van der Waals surface area contributed by atoms with Crippen LogP contribution in [0.4, 0.5) is 0 Å². The second-order valence-electron chi connectivity index (χ2n) is 7.16. The lowest BCUT2D eigenvalue weighted by Gasteiger charge is -2.18. The standard InChI is InChI=1S/C23H32N4O3.HI/c1-4-24-23(27-15-19-7-6-11-25-22(19)29-5-2)26-14-18-9-8-17(3)13-21(18)30-20-10-12-28-16-20;/h6-9,11,13,20H,4-5,10,12,14-16H2,1-3H3,(H2,24,26,27);1H. The predicted octanol–water partition coefficient (Wildman–Crippen LogP) is 3.83. The highest BCUT2D eigenvalue weighted by Gasteiger charge is 2.18. The third-order valence-corrected chi connectivity index (χ3v) is 4.73. The van der Waals surface area contributed by atoms with Crippen LogP contribution in [0.1, 0.15) is 37.0 Å². The van der Waals surface area contributed by atoms with Gasteiger partial charge in [0.05, 0.1) is 26.4 Å². The third-order valence-electron chi connectivity index (χ3n) is 4.73. The number of rotatable bonds is 9. The number of guanidine groups is 1. The number of aryl methyl sites for hydroxylation is 1. The van der Waals surface area contributed by atoms with Gasteiger partial charge in [-0.2, -0.15) is 0 Å². The van der Waals surface area contributed by atoms with E-state index in [-0.39, 0.29) is 30.1 Å². The van der Waals surface area contributed by atoms with Gasteiger partial charge < -0.3 is 24.8 Å². The molecule has 1 saturated heterocycles. The largest absolute Gasteiger partial charge is 0.488 e. The maximum Gasteiger partial charge on any atom is 0.218 e. The summed E-state index contributed by atoms with van der Waals surface area (Å²) in [6, 6.07) is 10.2. The van der Waals surface area contributed by atoms with Gasteiger partial charge >= 0.3 is 0 Å². The molecule has 8 heteroatoms. The second-order valence-corrected chi connectivity index (χ2v) is 7.16. The molecule has 1 aromatic carbocycles. The SMILES string of the molecule is CCNC(=NCc1cccnc1OCC)NCc1ccc(C)cc1OC1CCOC1.I. The zero-order valence-electron chi connectivity index (χ0n) is 18.5. The van der Waals surface area contributed by atoms with Crippen molar-refractivity contribution in [2.75, 3.05) is 26.4 Å². The van der Waals surface area contributed by atoms with E-state index in [1.165, 1.54) is 5.56 Å². The van der Waals surface area contributed by atoms with Crippen molar-refractivity contribution in [3.8, 4) is 11.6 Å². The van der Waals surface area contributed by atoms with Crippen LogP contribution in [0.2, 0.25) is 0 Å². The number of halogens is 1. The van der Waals surface area contributed by atoms with Crippen LogP contribution >= 0.6 is 24.0 Å². The Morgan fingerprint density at radius 2 is 2.10 bits per heavy atom. The minimum atomic E-state index is 0. The highest BCUT2D eigenvalue weighted by molar-refractivity contribution is 14.0. The molecule has 1 aliphatic rings. The lowest BCUT2D eigenvalue weighted by molar-refractivity contribution is 0.140. The molecule has 1 fully saturated rings. The molecule has 0 amide bonds. The van der Waals surface area contributed by atoms with Gasteiger partial charge in [0.1, 0.15) is 11.9 Å². The molecule has 1 unspecified atom stereocenters. The normalized spacial score (nSPS) is 15.8. The van der Waals surface area contributed by atoms with E-state index in [9.17, 15) is 0 Å². The number of benzene rings is 1. The zero-order valence-corrected chi connectivity index (χ0v) is 20.8. The number of nitrogens with one attached hydrogen (secondary N) is 2. The topological polar surface area (TPSA) is 77.0 Å². The fraction of sp³-hybridized carbons (Fsp3) is 0.478. The summed E-state index contributed by atoms with van der Waals surface area (Å²) in [6.45, 7) is 9.93. The average Bonchev–Trinajstić information content (AvgIpc) is 3.25. The maximum atomic E-state index is 6.20. The van der Waals surface area contributed by atoms with Crippen LogP contribution < -0.4 is 20.1 Å². The van der Waals surface area contributed by atoms with Crippen LogP contribution in [0.25, 0.3) is 0 Å². The van der Waals surface area contributed by atoms with E-state index in [1.54, 1.807) is 6.20 Å². The van der Waals surface area contributed by atoms with Gasteiger partial charge in [0.25, 0.3) is 0 Å². The Morgan fingerprint density at radius 1 is 1.23 bits per heavy atom. The molecule has 1 aliphatic heterocycles. The van der Waals surface area contributed by atoms with E-state index < -0.39 is 0 Å². The summed E-state index contributed by atoms with van der Waals surface area (Å²) in [6.07, 6.45) is 2.78. The summed E-state index contributed by atoms with van der Waals surface area (Å²) in [5.74, 6) is 2.27. The van der Waals surface area contributed by atoms with Crippen LogP contribution in [0.3, 0.4) is 0 Å². The summed E-state index contributed by atoms with van der Waals surface area (Å²) in [5.41, 5.74) is 3.22. The summed E-state index contributed by atoms with van der Waals surface area (Å²) in [5, 5.41) is 6.71. The zero-order chi connectivity index (χ0) is 21.2. The molecule has 2 aromatic rings. The van der Waals surface area contributed by atoms with Crippen LogP contribution in [-0.2, 0) is 17.8 Å². The number of pyridine rings is 1. The first-order valence-corrected chi connectivity index (χ1v) is 10.6. The molecule has 0 spiro atoms. The molecule has 2 N–H and O–H groups in total. The smallest absolute Gasteiger partial charge is 0.218 e. The first-order valence-electron chi connectivity index (χ1n) is 10.6. The number of ether oxygens (including phenoxy) is 3. The fourth-order valence-electron chi connectivity index (χ4n) is 3.20. The van der Waals surface area contributed by atoms with Crippen molar-refractivity contribution in [3.05, 3.63) is 53.2 Å². The minimum Gasteiger partial charge on any atom is -0.488 e. The van der Waals surface area contributed by atoms with Crippen molar-refractivity contribution in [3.63, 3.8) is 0 Å². The molecule has 0 radical (unpaired) electrons. The van der Waals surface area contributed by atoms with Crippen LogP contribution in [-0.4, -0.2) is 43.4 Å². The van der Waals surface area contributed by atoms with Gasteiger partial charge in [-0.1, -0.05) is 18.2 Å². The van der Waals surface area contributed by atoms with Gasteiger partial charge in [-0.25, -0.2) is 9.98 Å². The Morgan fingerprint density at radius 3 is 2.84 bits per heavy atom. The van der Waals surface area contributed by atoms with Gasteiger partial charge in [0.15, 0.2) is 5.96 Å². The lowest BCUT2D eigenvalue weighted by Crippen LogP contribution is -2.37. The number of nitrogens with zero attached hydrogens (tertiary/aromatic N) is 2. The number of aromatic nitrogens is 1. The number of hydrogen-bond donors (Lipinski definition) is 2. The van der Waals surface area contributed by atoms with Crippen molar-refractivity contribution in [2.24, 2.45) is 4.99 Å². The van der Waals surface area contributed by atoms with E-state index in [4.69, 9.17) is 19.2 Å². The van der Waals surface area contributed by atoms with E-state index >= 15 is 0 Å². The molecule has 3 rings (SSSR count). The Hall–Kier alpha value is -2.07. The Bertz CT molecular complexity index is 841. The van der Waals surface area contributed by atoms with Crippen molar-refractivity contribution in [1.82, 2.24) is 15.6 Å². The van der Waals surface area contributed by atoms with E-state index in [1.807, 2.05) is 26.0 Å². The molecule has 7 nitrogen and oxygen atoms in total. The molecular weight excluding hydrogens is 507 g/mol. The molecule has 1 aromatic heterocycles. The van der Waals surface area contributed by atoms with Crippen molar-refractivity contribution < 1.29 is 14.2 Å². The molecule has 1 atom stereocenters. The molecule has 2 heterocycles. The first-order chi connectivity index (χ1) is 14.7. The molecule has 31 heavy (non-hydrogen) atoms. The predicted molar refractivity (Wildman–Crippen MR) is 134 cm³/mol. The van der Waals surface area contributed by atoms with Gasteiger partial charge in [0.2, 0.25) is 5.88 Å². The summed E-state index contributed by atoms with van der Waals surface area (Å²) in [7, 11) is 0. The molecule has 0 aliphatic carbocycles. The maximum absolute atomic E-state index is 6.20. The summed E-state index contributed by atoms with van der Waals surface area (Å²) in [4.78, 5) is 9.00. The number of hydrogen-bond acceptors (Lipinski definition) is 5. The Labute approximate surface area is 202 Å². The first kappa shape index (κ1) is 25.2. The van der Waals surface area contributed by atoms with Gasteiger partial charge in [-0.3, -0.25) is 0 Å².